The number of nitriles is 2. The molecular weight excluding hydrogens is 393 g/mol. The third-order valence-electron chi connectivity index (χ3n) is 4.43. The van der Waals surface area contributed by atoms with Crippen LogP contribution in [0.4, 0.5) is 18.9 Å². The first-order chi connectivity index (χ1) is 14.3. The maximum atomic E-state index is 13.2. The van der Waals surface area contributed by atoms with Crippen LogP contribution in [0.5, 0.6) is 0 Å². The van der Waals surface area contributed by atoms with Crippen LogP contribution in [0.3, 0.4) is 0 Å². The summed E-state index contributed by atoms with van der Waals surface area (Å²) in [5.74, 6) is -0.942. The lowest BCUT2D eigenvalue weighted by Crippen LogP contribution is -2.17. The average molecular weight is 408 g/mol. The molecule has 2 aromatic carbocycles. The number of nitrogens with one attached hydrogen (secondary N) is 1. The highest BCUT2D eigenvalue weighted by molar-refractivity contribution is 6.11. The van der Waals surface area contributed by atoms with Gasteiger partial charge < -0.3 is 9.88 Å². The summed E-state index contributed by atoms with van der Waals surface area (Å²) in [7, 11) is 0. The molecule has 0 spiro atoms. The predicted octanol–water partition coefficient (Wildman–Crippen LogP) is 5.12. The number of carbonyl (C=O) groups excluding carboxylic acids is 1. The number of anilines is 1. The Morgan fingerprint density at radius 2 is 1.80 bits per heavy atom. The molecule has 0 radical (unpaired) electrons. The molecule has 1 N–H and O–H groups in total. The Morgan fingerprint density at radius 1 is 1.10 bits per heavy atom. The van der Waals surface area contributed by atoms with Crippen LogP contribution < -0.4 is 5.32 Å². The summed E-state index contributed by atoms with van der Waals surface area (Å²) >= 11 is 0. The number of carbonyl (C=O) groups is 1. The number of alkyl halides is 3. The van der Waals surface area contributed by atoms with Crippen molar-refractivity contribution in [2.75, 3.05) is 5.32 Å². The Balaban J connectivity index is 1.97. The van der Waals surface area contributed by atoms with Crippen LogP contribution in [0.15, 0.2) is 60.3 Å². The van der Waals surface area contributed by atoms with Crippen LogP contribution in [-0.4, -0.2) is 10.5 Å². The highest BCUT2D eigenvalue weighted by Gasteiger charge is 2.33. The largest absolute Gasteiger partial charge is 0.418 e. The summed E-state index contributed by atoms with van der Waals surface area (Å²) in [5.41, 5.74) is -0.384. The molecule has 0 aliphatic carbocycles. The van der Waals surface area contributed by atoms with Crippen molar-refractivity contribution in [3.05, 3.63) is 71.4 Å². The monoisotopic (exact) mass is 408 g/mol. The third kappa shape index (κ3) is 4.34. The molecule has 3 aromatic rings. The van der Waals surface area contributed by atoms with E-state index >= 15 is 0 Å². The van der Waals surface area contributed by atoms with Gasteiger partial charge in [0.25, 0.3) is 5.91 Å². The van der Waals surface area contributed by atoms with Gasteiger partial charge in [0.05, 0.1) is 23.7 Å². The summed E-state index contributed by atoms with van der Waals surface area (Å²) in [6, 6.07) is 15.6. The van der Waals surface area contributed by atoms with E-state index in [1.807, 2.05) is 16.7 Å². The van der Waals surface area contributed by atoms with E-state index in [2.05, 4.69) is 11.4 Å². The van der Waals surface area contributed by atoms with Gasteiger partial charge in [-0.25, -0.2) is 0 Å². The molecule has 0 atom stereocenters. The number of hydrogen-bond donors (Lipinski definition) is 1. The number of para-hydroxylation sites is 2. The molecule has 1 amide bonds. The Bertz CT molecular complexity index is 1210. The second kappa shape index (κ2) is 8.54. The van der Waals surface area contributed by atoms with Gasteiger partial charge in [-0.3, -0.25) is 4.79 Å². The van der Waals surface area contributed by atoms with Crippen molar-refractivity contribution in [2.45, 2.75) is 19.1 Å². The summed E-state index contributed by atoms with van der Waals surface area (Å²) in [5, 5.41) is 21.2. The molecule has 0 fully saturated rings. The summed E-state index contributed by atoms with van der Waals surface area (Å²) in [6.45, 7) is 0.428. The van der Waals surface area contributed by atoms with Crippen molar-refractivity contribution < 1.29 is 18.0 Å². The van der Waals surface area contributed by atoms with E-state index in [-0.39, 0.29) is 12.0 Å². The molecule has 1 aromatic heterocycles. The van der Waals surface area contributed by atoms with Gasteiger partial charge in [0.15, 0.2) is 0 Å². The molecule has 30 heavy (non-hydrogen) atoms. The van der Waals surface area contributed by atoms with Crippen molar-refractivity contribution in [2.24, 2.45) is 0 Å². The Kier molecular flexibility index (Phi) is 5.89. The second-order valence-corrected chi connectivity index (χ2v) is 6.37. The van der Waals surface area contributed by atoms with E-state index in [0.717, 1.165) is 23.0 Å². The van der Waals surface area contributed by atoms with Gasteiger partial charge in [-0.05, 0) is 24.3 Å². The van der Waals surface area contributed by atoms with E-state index in [1.165, 1.54) is 18.2 Å². The zero-order valence-corrected chi connectivity index (χ0v) is 15.6. The fraction of sp³-hybridized carbons (Fsp3) is 0.136. The maximum absolute atomic E-state index is 13.2. The number of benzene rings is 2. The highest BCUT2D eigenvalue weighted by atomic mass is 19.4. The Hall–Kier alpha value is -4.04. The molecule has 150 valence electrons. The lowest BCUT2D eigenvalue weighted by Gasteiger charge is -2.13. The minimum atomic E-state index is -4.64. The first-order valence-corrected chi connectivity index (χ1v) is 8.89. The van der Waals surface area contributed by atoms with Gasteiger partial charge >= 0.3 is 6.18 Å². The highest BCUT2D eigenvalue weighted by Crippen LogP contribution is 2.34. The van der Waals surface area contributed by atoms with Gasteiger partial charge in [-0.2, -0.15) is 23.7 Å². The van der Waals surface area contributed by atoms with Gasteiger partial charge in [-0.1, -0.05) is 30.3 Å². The normalized spacial score (nSPS) is 11.7. The van der Waals surface area contributed by atoms with Crippen LogP contribution in [0.25, 0.3) is 17.0 Å². The van der Waals surface area contributed by atoms with E-state index in [4.69, 9.17) is 5.26 Å². The molecule has 0 saturated carbocycles. The van der Waals surface area contributed by atoms with E-state index in [0.29, 0.717) is 12.1 Å². The molecular formula is C22H15F3N4O. The zero-order chi connectivity index (χ0) is 21.7. The van der Waals surface area contributed by atoms with E-state index in [9.17, 15) is 23.2 Å². The van der Waals surface area contributed by atoms with Crippen LogP contribution in [0.1, 0.15) is 17.5 Å². The number of aryl methyl sites for hydroxylation is 1. The summed E-state index contributed by atoms with van der Waals surface area (Å²) < 4.78 is 41.3. The van der Waals surface area contributed by atoms with E-state index < -0.39 is 23.3 Å². The van der Waals surface area contributed by atoms with Crippen molar-refractivity contribution in [1.29, 1.82) is 10.5 Å². The van der Waals surface area contributed by atoms with Gasteiger partial charge in [0.2, 0.25) is 0 Å². The lowest BCUT2D eigenvalue weighted by molar-refractivity contribution is -0.137. The molecule has 0 saturated heterocycles. The maximum Gasteiger partial charge on any atom is 0.418 e. The zero-order valence-electron chi connectivity index (χ0n) is 15.6. The van der Waals surface area contributed by atoms with Gasteiger partial charge in [-0.15, -0.1) is 0 Å². The smallest absolute Gasteiger partial charge is 0.346 e. The summed E-state index contributed by atoms with van der Waals surface area (Å²) in [6.07, 6.45) is -1.33. The molecule has 1 heterocycles. The van der Waals surface area contributed by atoms with Crippen molar-refractivity contribution in [3.63, 3.8) is 0 Å². The molecule has 3 rings (SSSR count). The predicted molar refractivity (Wildman–Crippen MR) is 106 cm³/mol. The first-order valence-electron chi connectivity index (χ1n) is 8.89. The molecule has 0 unspecified atom stereocenters. The number of fused-ring (bicyclic) bond motifs is 1. The quantitative estimate of drug-likeness (QED) is 0.470. The fourth-order valence-electron chi connectivity index (χ4n) is 3.08. The van der Waals surface area contributed by atoms with Crippen LogP contribution in [0.2, 0.25) is 0 Å². The summed E-state index contributed by atoms with van der Waals surface area (Å²) in [4.78, 5) is 12.5. The van der Waals surface area contributed by atoms with Crippen molar-refractivity contribution in [1.82, 2.24) is 4.57 Å². The second-order valence-electron chi connectivity index (χ2n) is 6.37. The van der Waals surface area contributed by atoms with E-state index in [1.54, 1.807) is 24.4 Å². The van der Waals surface area contributed by atoms with Crippen molar-refractivity contribution in [3.8, 4) is 12.1 Å². The fourth-order valence-corrected chi connectivity index (χ4v) is 3.08. The number of rotatable bonds is 5. The topological polar surface area (TPSA) is 81.6 Å². The SMILES string of the molecule is N#CCCn1cc(/C=C(/C#N)C(=O)Nc2ccccc2C(F)(F)F)c2ccccc21. The standard InChI is InChI=1S/C22H15F3N4O/c23-22(24,25)18-7-2-3-8-19(18)28-21(30)15(13-27)12-16-14-29(11-5-10-26)20-9-4-1-6-17(16)20/h1-4,6-9,12,14H,5,11H2,(H,28,30)/b15-12-. The number of aromatic nitrogens is 1. The number of amides is 1. The number of nitrogens with zero attached hydrogens (tertiary/aromatic N) is 3. The Morgan fingerprint density at radius 3 is 2.50 bits per heavy atom. The molecule has 0 bridgehead atoms. The molecule has 8 heteroatoms. The van der Waals surface area contributed by atoms with Gasteiger partial charge in [0.1, 0.15) is 11.6 Å². The Labute approximate surface area is 170 Å². The number of halogens is 3. The van der Waals surface area contributed by atoms with Gasteiger partial charge in [0, 0.05) is 29.2 Å². The minimum absolute atomic E-state index is 0.279. The molecule has 5 nitrogen and oxygen atoms in total. The first kappa shape index (κ1) is 20.7. The molecule has 0 aliphatic heterocycles. The number of hydrogen-bond acceptors (Lipinski definition) is 3. The average Bonchev–Trinajstić information content (AvgIpc) is 3.07. The lowest BCUT2D eigenvalue weighted by atomic mass is 10.1. The van der Waals surface area contributed by atoms with Crippen LogP contribution >= 0.6 is 0 Å². The van der Waals surface area contributed by atoms with Crippen molar-refractivity contribution >= 4 is 28.6 Å². The van der Waals surface area contributed by atoms with Crippen LogP contribution in [-0.2, 0) is 17.5 Å². The molecule has 0 aliphatic rings. The minimum Gasteiger partial charge on any atom is -0.346 e. The van der Waals surface area contributed by atoms with Crippen LogP contribution in [0, 0.1) is 22.7 Å². The third-order valence-corrected chi connectivity index (χ3v) is 4.43.